The second kappa shape index (κ2) is 6.92. The number of ketones is 1. The van der Waals surface area contributed by atoms with E-state index in [2.05, 4.69) is 27.8 Å². The number of hydrogen-bond acceptors (Lipinski definition) is 2. The minimum Gasteiger partial charge on any atom is -0.339 e. The summed E-state index contributed by atoms with van der Waals surface area (Å²) in [6.45, 7) is 0. The lowest BCUT2D eigenvalue weighted by molar-refractivity contribution is 0.0916. The molecule has 4 rings (SSSR count). The fourth-order valence-corrected chi connectivity index (χ4v) is 3.17. The quantitative estimate of drug-likeness (QED) is 0.342. The lowest BCUT2D eigenvalue weighted by Gasteiger charge is -2.06. The minimum absolute atomic E-state index is 0.102. The molecule has 0 amide bonds. The van der Waals surface area contributed by atoms with Crippen LogP contribution in [0.5, 0.6) is 0 Å². The average molecular weight is 403 g/mol. The summed E-state index contributed by atoms with van der Waals surface area (Å²) in [7, 11) is 0. The van der Waals surface area contributed by atoms with E-state index in [0.717, 1.165) is 15.6 Å². The predicted molar refractivity (Wildman–Crippen MR) is 105 cm³/mol. The lowest BCUT2D eigenvalue weighted by atomic mass is 9.91. The summed E-state index contributed by atoms with van der Waals surface area (Å²) in [5.74, 6) is 6.12. The van der Waals surface area contributed by atoms with Crippen molar-refractivity contribution in [3.8, 4) is 11.8 Å². The van der Waals surface area contributed by atoms with Gasteiger partial charge < -0.3 is 4.74 Å². The number of ether oxygens (including phenoxy) is 1. The van der Waals surface area contributed by atoms with Crippen LogP contribution < -0.4 is 0 Å². The zero-order valence-corrected chi connectivity index (χ0v) is 15.4. The van der Waals surface area contributed by atoms with Gasteiger partial charge in [0.1, 0.15) is 6.10 Å². The lowest BCUT2D eigenvalue weighted by Crippen LogP contribution is -2.24. The van der Waals surface area contributed by atoms with Gasteiger partial charge >= 0.3 is 0 Å². The summed E-state index contributed by atoms with van der Waals surface area (Å²) in [5, 5.41) is 0. The van der Waals surface area contributed by atoms with E-state index in [-0.39, 0.29) is 11.9 Å². The molecule has 0 aliphatic carbocycles. The molecule has 0 aromatic heterocycles. The Bertz CT molecular complexity index is 985. The van der Waals surface area contributed by atoms with Gasteiger partial charge in [0.25, 0.3) is 0 Å². The molecule has 1 saturated heterocycles. The zero-order valence-electron chi connectivity index (χ0n) is 13.9. The monoisotopic (exact) mass is 402 g/mol. The van der Waals surface area contributed by atoms with E-state index in [0.29, 0.717) is 5.56 Å². The van der Waals surface area contributed by atoms with E-state index < -0.39 is 5.60 Å². The SMILES string of the molecule is O=C(c1ccccc1)C1(C#Cc2ccccc2)OC1c1ccc(Br)cc1. The fraction of sp³-hybridized carbons (Fsp3) is 0.0870. The van der Waals surface area contributed by atoms with Crippen molar-refractivity contribution >= 4 is 21.7 Å². The van der Waals surface area contributed by atoms with Crippen molar-refractivity contribution in [1.82, 2.24) is 0 Å². The predicted octanol–water partition coefficient (Wildman–Crippen LogP) is 5.19. The first-order valence-electron chi connectivity index (χ1n) is 8.30. The molecule has 1 heterocycles. The molecule has 2 unspecified atom stereocenters. The molecule has 2 nitrogen and oxygen atoms in total. The maximum Gasteiger partial charge on any atom is 0.223 e. The van der Waals surface area contributed by atoms with Crippen molar-refractivity contribution in [2.75, 3.05) is 0 Å². The summed E-state index contributed by atoms with van der Waals surface area (Å²) in [6, 6.07) is 26.6. The molecule has 0 saturated carbocycles. The van der Waals surface area contributed by atoms with Gasteiger partial charge in [0.05, 0.1) is 0 Å². The van der Waals surface area contributed by atoms with Gasteiger partial charge in [-0.2, -0.15) is 0 Å². The van der Waals surface area contributed by atoms with Gasteiger partial charge in [-0.1, -0.05) is 88.4 Å². The largest absolute Gasteiger partial charge is 0.339 e. The number of rotatable bonds is 3. The second-order valence-corrected chi connectivity index (χ2v) is 7.01. The Morgan fingerprint density at radius 2 is 1.50 bits per heavy atom. The van der Waals surface area contributed by atoms with Gasteiger partial charge in [0.2, 0.25) is 11.4 Å². The molecule has 3 aromatic rings. The normalized spacial score (nSPS) is 20.7. The Morgan fingerprint density at radius 1 is 0.885 bits per heavy atom. The Balaban J connectivity index is 1.73. The van der Waals surface area contributed by atoms with Crippen LogP contribution in [0.4, 0.5) is 0 Å². The van der Waals surface area contributed by atoms with Crippen LogP contribution in [-0.4, -0.2) is 11.4 Å². The van der Waals surface area contributed by atoms with Crippen LogP contribution in [0.15, 0.2) is 89.4 Å². The minimum atomic E-state index is -1.13. The van der Waals surface area contributed by atoms with Crippen molar-refractivity contribution in [3.05, 3.63) is 106 Å². The van der Waals surface area contributed by atoms with Gasteiger partial charge in [-0.05, 0) is 29.8 Å². The van der Waals surface area contributed by atoms with Gasteiger partial charge in [-0.3, -0.25) is 4.79 Å². The number of halogens is 1. The molecule has 3 aromatic carbocycles. The molecule has 0 bridgehead atoms. The van der Waals surface area contributed by atoms with Crippen LogP contribution in [0.1, 0.15) is 27.6 Å². The molecule has 26 heavy (non-hydrogen) atoms. The number of carbonyl (C=O) groups is 1. The number of hydrogen-bond donors (Lipinski definition) is 0. The summed E-state index contributed by atoms with van der Waals surface area (Å²) in [5.41, 5.74) is 1.28. The Morgan fingerprint density at radius 3 is 2.15 bits per heavy atom. The highest BCUT2D eigenvalue weighted by atomic mass is 79.9. The van der Waals surface area contributed by atoms with Crippen molar-refractivity contribution < 1.29 is 9.53 Å². The molecular weight excluding hydrogens is 388 g/mol. The van der Waals surface area contributed by atoms with E-state index in [1.165, 1.54) is 0 Å². The Hall–Kier alpha value is -2.67. The number of carbonyl (C=O) groups excluding carboxylic acids is 1. The standard InChI is InChI=1S/C23H15BrO2/c24-20-13-11-19(12-14-20)22-23(26-22,16-15-17-7-3-1-4-8-17)21(25)18-9-5-2-6-10-18/h1-14,22H. The average Bonchev–Trinajstić information content (AvgIpc) is 3.44. The molecule has 126 valence electrons. The van der Waals surface area contributed by atoms with Gasteiger partial charge in [-0.15, -0.1) is 0 Å². The third-order valence-electron chi connectivity index (χ3n) is 4.33. The summed E-state index contributed by atoms with van der Waals surface area (Å²) < 4.78 is 6.91. The van der Waals surface area contributed by atoms with Crippen molar-refractivity contribution in [1.29, 1.82) is 0 Å². The molecule has 3 heteroatoms. The van der Waals surface area contributed by atoms with Gasteiger partial charge in [0, 0.05) is 15.6 Å². The Kier molecular flexibility index (Phi) is 4.46. The molecule has 0 radical (unpaired) electrons. The molecule has 0 N–H and O–H groups in total. The number of benzene rings is 3. The zero-order chi connectivity index (χ0) is 18.0. The van der Waals surface area contributed by atoms with Crippen LogP contribution in [0.2, 0.25) is 0 Å². The first-order valence-corrected chi connectivity index (χ1v) is 9.10. The summed E-state index contributed by atoms with van der Waals surface area (Å²) in [6.07, 6.45) is -0.362. The van der Waals surface area contributed by atoms with Crippen LogP contribution in [-0.2, 0) is 4.74 Å². The van der Waals surface area contributed by atoms with Crippen molar-refractivity contribution in [2.24, 2.45) is 0 Å². The maximum absolute atomic E-state index is 13.2. The Labute approximate surface area is 161 Å². The third-order valence-corrected chi connectivity index (χ3v) is 4.86. The van der Waals surface area contributed by atoms with Crippen LogP contribution >= 0.6 is 15.9 Å². The van der Waals surface area contributed by atoms with E-state index in [4.69, 9.17) is 4.74 Å². The molecular formula is C23H15BrO2. The van der Waals surface area contributed by atoms with Gasteiger partial charge in [-0.25, -0.2) is 0 Å². The first-order chi connectivity index (χ1) is 12.7. The van der Waals surface area contributed by atoms with Crippen LogP contribution in [0.3, 0.4) is 0 Å². The topological polar surface area (TPSA) is 29.6 Å². The first kappa shape index (κ1) is 16.8. The number of Topliss-reactive ketones (excluding diaryl/α,β-unsaturated/α-hetero) is 1. The highest BCUT2D eigenvalue weighted by molar-refractivity contribution is 9.10. The smallest absolute Gasteiger partial charge is 0.223 e. The third kappa shape index (κ3) is 3.22. The molecule has 2 atom stereocenters. The van der Waals surface area contributed by atoms with E-state index in [9.17, 15) is 4.79 Å². The van der Waals surface area contributed by atoms with E-state index in [1.54, 1.807) is 12.1 Å². The fourth-order valence-electron chi connectivity index (χ4n) is 2.91. The highest BCUT2D eigenvalue weighted by Crippen LogP contribution is 2.51. The highest BCUT2D eigenvalue weighted by Gasteiger charge is 2.62. The van der Waals surface area contributed by atoms with E-state index in [1.807, 2.05) is 72.8 Å². The number of epoxide rings is 1. The van der Waals surface area contributed by atoms with Crippen molar-refractivity contribution in [3.63, 3.8) is 0 Å². The maximum atomic E-state index is 13.2. The molecule has 1 fully saturated rings. The molecule has 1 aliphatic heterocycles. The van der Waals surface area contributed by atoms with Crippen molar-refractivity contribution in [2.45, 2.75) is 11.7 Å². The van der Waals surface area contributed by atoms with Crippen LogP contribution in [0, 0.1) is 11.8 Å². The summed E-state index contributed by atoms with van der Waals surface area (Å²) >= 11 is 3.43. The molecule has 0 spiro atoms. The van der Waals surface area contributed by atoms with E-state index >= 15 is 0 Å². The van der Waals surface area contributed by atoms with Crippen LogP contribution in [0.25, 0.3) is 0 Å². The molecule has 1 aliphatic rings. The second-order valence-electron chi connectivity index (χ2n) is 6.10. The van der Waals surface area contributed by atoms with Gasteiger partial charge in [0.15, 0.2) is 0 Å². The summed E-state index contributed by atoms with van der Waals surface area (Å²) in [4.78, 5) is 13.2.